The van der Waals surface area contributed by atoms with Crippen molar-refractivity contribution >= 4 is 34.9 Å². The second-order valence-electron chi connectivity index (χ2n) is 12.6. The van der Waals surface area contributed by atoms with Crippen molar-refractivity contribution in [3.63, 3.8) is 0 Å². The lowest BCUT2D eigenvalue weighted by atomic mass is 9.89. The van der Waals surface area contributed by atoms with E-state index in [0.717, 1.165) is 6.42 Å². The lowest BCUT2D eigenvalue weighted by Crippen LogP contribution is -2.48. The second kappa shape index (κ2) is 14.9. The molecule has 0 saturated heterocycles. The highest BCUT2D eigenvalue weighted by Gasteiger charge is 2.33. The van der Waals surface area contributed by atoms with Crippen LogP contribution < -0.4 is 4.90 Å². The molecule has 0 bridgehead atoms. The molecule has 0 unspecified atom stereocenters. The van der Waals surface area contributed by atoms with E-state index in [1.165, 1.54) is 13.0 Å². The Kier molecular flexibility index (Phi) is 12.5. The summed E-state index contributed by atoms with van der Waals surface area (Å²) in [6.07, 6.45) is 1.18. The molecule has 0 aromatic heterocycles. The van der Waals surface area contributed by atoms with Gasteiger partial charge in [0, 0.05) is 48.7 Å². The lowest BCUT2D eigenvalue weighted by Gasteiger charge is -2.35. The highest BCUT2D eigenvalue weighted by atomic mass is 35.5. The maximum atomic E-state index is 14.7. The maximum absolute atomic E-state index is 14.7. The number of hydrogen-bond donors (Lipinski definition) is 0. The molecule has 0 heterocycles. The monoisotopic (exact) mass is 587 g/mol. The minimum absolute atomic E-state index is 0.0383. The van der Waals surface area contributed by atoms with Gasteiger partial charge in [0.15, 0.2) is 5.78 Å². The summed E-state index contributed by atoms with van der Waals surface area (Å²) in [5, 5.41) is 0.285. The van der Waals surface area contributed by atoms with Crippen LogP contribution >= 0.6 is 11.6 Å². The fourth-order valence-corrected chi connectivity index (χ4v) is 4.92. The first-order valence-electron chi connectivity index (χ1n) is 14.4. The van der Waals surface area contributed by atoms with Crippen molar-refractivity contribution in [1.82, 2.24) is 9.80 Å². The van der Waals surface area contributed by atoms with Gasteiger partial charge in [0.25, 0.3) is 0 Å². The van der Waals surface area contributed by atoms with Crippen molar-refractivity contribution in [3.8, 4) is 11.1 Å². The number of hydrogen-bond acceptors (Lipinski definition) is 4. The summed E-state index contributed by atoms with van der Waals surface area (Å²) in [7, 11) is 3.85. The fourth-order valence-electron chi connectivity index (χ4n) is 4.76. The van der Waals surface area contributed by atoms with Crippen LogP contribution in [0.5, 0.6) is 0 Å². The van der Waals surface area contributed by atoms with Crippen LogP contribution in [0, 0.1) is 23.1 Å². The Labute approximate surface area is 250 Å². The van der Waals surface area contributed by atoms with Crippen LogP contribution in [0.2, 0.25) is 5.02 Å². The van der Waals surface area contributed by atoms with Gasteiger partial charge in [0.05, 0.1) is 11.6 Å². The summed E-state index contributed by atoms with van der Waals surface area (Å²) >= 11 is 5.94. The van der Waals surface area contributed by atoms with Crippen LogP contribution in [0.25, 0.3) is 11.1 Å². The molecule has 0 spiro atoms. The number of anilines is 1. The standard InChI is InChI=1S/C33H47ClFN3O3/c1-10-15-37(31(40)20-33(5,6)7)21-28(22(2)3)32(41)38(17-16-36(8)9)30-14-11-24(18-27(30)23(4)39)26-13-12-25(34)19-29(26)35/h11-14,18-19,22,28H,10,15-17,20-21H2,1-9H3/t28-/m0/s1. The molecule has 0 aliphatic heterocycles. The first-order valence-corrected chi connectivity index (χ1v) is 14.8. The largest absolute Gasteiger partial charge is 0.342 e. The van der Waals surface area contributed by atoms with Crippen molar-refractivity contribution < 1.29 is 18.8 Å². The van der Waals surface area contributed by atoms with Gasteiger partial charge in [-0.2, -0.15) is 0 Å². The van der Waals surface area contributed by atoms with E-state index in [0.29, 0.717) is 55.0 Å². The highest BCUT2D eigenvalue weighted by Crippen LogP contribution is 2.32. The van der Waals surface area contributed by atoms with Crippen molar-refractivity contribution in [2.75, 3.05) is 45.2 Å². The molecule has 2 amide bonds. The van der Waals surface area contributed by atoms with Gasteiger partial charge >= 0.3 is 0 Å². The Balaban J connectivity index is 2.57. The van der Waals surface area contributed by atoms with Crippen LogP contribution in [-0.2, 0) is 9.59 Å². The van der Waals surface area contributed by atoms with Crippen LogP contribution in [0.15, 0.2) is 36.4 Å². The number of amides is 2. The Bertz CT molecular complexity index is 1220. The van der Waals surface area contributed by atoms with E-state index in [1.54, 1.807) is 35.2 Å². The Hall–Kier alpha value is -2.77. The normalized spacial score (nSPS) is 12.5. The van der Waals surface area contributed by atoms with Gasteiger partial charge < -0.3 is 14.7 Å². The summed E-state index contributed by atoms with van der Waals surface area (Å²) in [6.45, 7) is 15.4. The van der Waals surface area contributed by atoms with E-state index in [9.17, 15) is 18.8 Å². The number of nitrogens with zero attached hydrogens (tertiary/aromatic N) is 3. The van der Waals surface area contributed by atoms with Crippen LogP contribution in [0.4, 0.5) is 10.1 Å². The zero-order valence-electron chi connectivity index (χ0n) is 26.2. The topological polar surface area (TPSA) is 60.9 Å². The first kappa shape index (κ1) is 34.4. The molecule has 41 heavy (non-hydrogen) atoms. The van der Waals surface area contributed by atoms with Gasteiger partial charge in [0.2, 0.25) is 11.8 Å². The molecule has 0 saturated carbocycles. The van der Waals surface area contributed by atoms with E-state index in [4.69, 9.17) is 11.6 Å². The number of halogens is 2. The van der Waals surface area contributed by atoms with Gasteiger partial charge in [-0.25, -0.2) is 4.39 Å². The van der Waals surface area contributed by atoms with Crippen molar-refractivity contribution in [1.29, 1.82) is 0 Å². The van der Waals surface area contributed by atoms with Gasteiger partial charge in [0.1, 0.15) is 5.82 Å². The molecule has 2 rings (SSSR count). The van der Waals surface area contributed by atoms with Crippen molar-refractivity contribution in [2.24, 2.45) is 17.3 Å². The molecular weight excluding hydrogens is 541 g/mol. The molecule has 226 valence electrons. The van der Waals surface area contributed by atoms with E-state index in [1.807, 2.05) is 65.4 Å². The van der Waals surface area contributed by atoms with Gasteiger partial charge in [-0.3, -0.25) is 14.4 Å². The Morgan fingerprint density at radius 3 is 2.15 bits per heavy atom. The Morgan fingerprint density at radius 1 is 0.976 bits per heavy atom. The molecule has 0 aliphatic carbocycles. The molecule has 6 nitrogen and oxygen atoms in total. The van der Waals surface area contributed by atoms with E-state index < -0.39 is 11.7 Å². The zero-order valence-corrected chi connectivity index (χ0v) is 26.9. The first-order chi connectivity index (χ1) is 19.0. The van der Waals surface area contributed by atoms with Gasteiger partial charge in [-0.1, -0.05) is 59.2 Å². The Morgan fingerprint density at radius 2 is 1.63 bits per heavy atom. The van der Waals surface area contributed by atoms with E-state index in [-0.39, 0.29) is 34.0 Å². The van der Waals surface area contributed by atoms with Crippen molar-refractivity contribution in [3.05, 3.63) is 52.8 Å². The summed E-state index contributed by atoms with van der Waals surface area (Å²) in [4.78, 5) is 46.0. The lowest BCUT2D eigenvalue weighted by molar-refractivity contribution is -0.135. The number of benzene rings is 2. The minimum atomic E-state index is -0.490. The minimum Gasteiger partial charge on any atom is -0.342 e. The summed E-state index contributed by atoms with van der Waals surface area (Å²) in [5.41, 5.74) is 1.49. The summed E-state index contributed by atoms with van der Waals surface area (Å²) in [5.74, 6) is -1.34. The summed E-state index contributed by atoms with van der Waals surface area (Å²) < 4.78 is 14.7. The number of rotatable bonds is 13. The SMILES string of the molecule is CCCN(C[C@H](C(=O)N(CCN(C)C)c1ccc(-c2ccc(Cl)cc2F)cc1C(C)=O)C(C)C)C(=O)CC(C)(C)C. The average Bonchev–Trinajstić information content (AvgIpc) is 2.85. The third-order valence-corrected chi connectivity index (χ3v) is 7.25. The molecule has 0 aliphatic rings. The van der Waals surface area contributed by atoms with Crippen LogP contribution in [0.1, 0.15) is 71.7 Å². The number of likely N-dealkylation sites (N-methyl/N-ethyl adjacent to an activating group) is 1. The second-order valence-corrected chi connectivity index (χ2v) is 13.1. The molecule has 8 heteroatoms. The van der Waals surface area contributed by atoms with E-state index in [2.05, 4.69) is 0 Å². The number of carbonyl (C=O) groups excluding carboxylic acids is 3. The van der Waals surface area contributed by atoms with Crippen LogP contribution in [0.3, 0.4) is 0 Å². The predicted molar refractivity (Wildman–Crippen MR) is 167 cm³/mol. The van der Waals surface area contributed by atoms with Gasteiger partial charge in [-0.15, -0.1) is 0 Å². The molecule has 0 N–H and O–H groups in total. The molecule has 0 radical (unpaired) electrons. The van der Waals surface area contributed by atoms with Crippen molar-refractivity contribution in [2.45, 2.75) is 61.3 Å². The smallest absolute Gasteiger partial charge is 0.232 e. The quantitative estimate of drug-likeness (QED) is 0.233. The predicted octanol–water partition coefficient (Wildman–Crippen LogP) is 7.19. The third kappa shape index (κ3) is 9.93. The molecule has 2 aromatic carbocycles. The van der Waals surface area contributed by atoms with E-state index >= 15 is 0 Å². The fraction of sp³-hybridized carbons (Fsp3) is 0.545. The summed E-state index contributed by atoms with van der Waals surface area (Å²) in [6, 6.07) is 9.51. The molecule has 0 fully saturated rings. The number of ketones is 1. The highest BCUT2D eigenvalue weighted by molar-refractivity contribution is 6.30. The van der Waals surface area contributed by atoms with Gasteiger partial charge in [-0.05, 0) is 74.7 Å². The molecule has 1 atom stereocenters. The zero-order chi connectivity index (χ0) is 31.1. The maximum Gasteiger partial charge on any atom is 0.232 e. The number of carbonyl (C=O) groups is 3. The number of Topliss-reactive ketones (excluding diaryl/α,β-unsaturated/α-hetero) is 1. The van der Waals surface area contributed by atoms with Crippen LogP contribution in [-0.4, -0.2) is 67.7 Å². The average molecular weight is 588 g/mol. The third-order valence-electron chi connectivity index (χ3n) is 7.01. The molecular formula is C33H47ClFN3O3. The molecule has 2 aromatic rings.